The second-order valence-corrected chi connectivity index (χ2v) is 2.64. The number of amides is 1. The minimum atomic E-state index is -1.33. The van der Waals surface area contributed by atoms with Gasteiger partial charge in [0, 0.05) is 18.1 Å². The fourth-order valence-electron chi connectivity index (χ4n) is 1.01. The molecule has 0 bridgehead atoms. The molecular weight excluding hydrogens is 194 g/mol. The van der Waals surface area contributed by atoms with Gasteiger partial charge in [0.1, 0.15) is 0 Å². The van der Waals surface area contributed by atoms with Crippen LogP contribution in [0.15, 0.2) is 49.1 Å². The molecule has 1 heterocycles. The molecule has 0 unspecified atom stereocenters. The highest BCUT2D eigenvalue weighted by Gasteiger charge is 1.89. The lowest BCUT2D eigenvalue weighted by Crippen LogP contribution is -2.03. The first-order valence-corrected chi connectivity index (χ1v) is 4.22. The quantitative estimate of drug-likeness (QED) is 0.740. The second kappa shape index (κ2) is 5.43. The number of hydrogen-bond acceptors (Lipinski definition) is 2. The van der Waals surface area contributed by atoms with Crippen molar-refractivity contribution in [3.05, 3.63) is 49.1 Å². The Kier molecular flexibility index (Phi) is 3.91. The van der Waals surface area contributed by atoms with Gasteiger partial charge in [-0.25, -0.2) is 9.78 Å². The number of imidazole rings is 1. The summed E-state index contributed by atoms with van der Waals surface area (Å²) >= 11 is 0. The highest BCUT2D eigenvalue weighted by molar-refractivity contribution is 5.61. The SMILES string of the molecule is NC(=O)O.c1ccc(-n2ccnc2)cc1. The van der Waals surface area contributed by atoms with Crippen molar-refractivity contribution in [2.24, 2.45) is 5.73 Å². The Balaban J connectivity index is 0.000000245. The van der Waals surface area contributed by atoms with Gasteiger partial charge >= 0.3 is 6.09 Å². The van der Waals surface area contributed by atoms with Gasteiger partial charge in [-0.1, -0.05) is 18.2 Å². The molecule has 1 aromatic carbocycles. The molecule has 0 radical (unpaired) electrons. The van der Waals surface area contributed by atoms with Gasteiger partial charge in [-0.15, -0.1) is 0 Å². The van der Waals surface area contributed by atoms with Crippen molar-refractivity contribution in [1.29, 1.82) is 0 Å². The van der Waals surface area contributed by atoms with Crippen molar-refractivity contribution in [3.63, 3.8) is 0 Å². The molecule has 0 aliphatic carbocycles. The molecule has 0 aliphatic rings. The third kappa shape index (κ3) is 3.95. The molecule has 0 atom stereocenters. The Hall–Kier alpha value is -2.30. The monoisotopic (exact) mass is 205 g/mol. The summed E-state index contributed by atoms with van der Waals surface area (Å²) in [5.74, 6) is 0. The van der Waals surface area contributed by atoms with Crippen LogP contribution in [0.1, 0.15) is 0 Å². The molecule has 0 saturated heterocycles. The lowest BCUT2D eigenvalue weighted by Gasteiger charge is -1.98. The van der Waals surface area contributed by atoms with E-state index in [0.717, 1.165) is 5.69 Å². The molecule has 0 aliphatic heterocycles. The Morgan fingerprint density at radius 3 is 2.40 bits per heavy atom. The van der Waals surface area contributed by atoms with E-state index in [4.69, 9.17) is 9.90 Å². The van der Waals surface area contributed by atoms with E-state index in [0.29, 0.717) is 0 Å². The van der Waals surface area contributed by atoms with E-state index >= 15 is 0 Å². The molecule has 0 spiro atoms. The van der Waals surface area contributed by atoms with Gasteiger partial charge in [-0.3, -0.25) is 0 Å². The number of nitrogens with zero attached hydrogens (tertiary/aromatic N) is 2. The highest BCUT2D eigenvalue weighted by atomic mass is 16.4. The van der Waals surface area contributed by atoms with Gasteiger partial charge in [0.15, 0.2) is 0 Å². The Morgan fingerprint density at radius 1 is 1.33 bits per heavy atom. The molecule has 3 N–H and O–H groups in total. The normalized spacial score (nSPS) is 8.80. The van der Waals surface area contributed by atoms with E-state index in [9.17, 15) is 0 Å². The van der Waals surface area contributed by atoms with E-state index in [1.807, 2.05) is 41.1 Å². The lowest BCUT2D eigenvalue weighted by molar-refractivity contribution is 0.205. The van der Waals surface area contributed by atoms with Crippen LogP contribution in [0.25, 0.3) is 5.69 Å². The van der Waals surface area contributed by atoms with Crippen molar-refractivity contribution < 1.29 is 9.90 Å². The molecule has 1 aromatic heterocycles. The number of nitrogens with two attached hydrogens (primary N) is 1. The van der Waals surface area contributed by atoms with Crippen LogP contribution in [0.4, 0.5) is 4.79 Å². The summed E-state index contributed by atoms with van der Waals surface area (Å²) in [5, 5.41) is 7.19. The van der Waals surface area contributed by atoms with Gasteiger partial charge in [-0.2, -0.15) is 0 Å². The summed E-state index contributed by atoms with van der Waals surface area (Å²) in [6.07, 6.45) is 4.15. The van der Waals surface area contributed by atoms with Crippen LogP contribution in [0.5, 0.6) is 0 Å². The van der Waals surface area contributed by atoms with Gasteiger partial charge < -0.3 is 15.4 Å². The maximum atomic E-state index is 8.78. The number of primary amides is 1. The number of hydrogen-bond donors (Lipinski definition) is 2. The topological polar surface area (TPSA) is 81.1 Å². The third-order valence-electron chi connectivity index (χ3n) is 1.56. The molecule has 0 fully saturated rings. The van der Waals surface area contributed by atoms with Crippen LogP contribution < -0.4 is 5.73 Å². The highest BCUT2D eigenvalue weighted by Crippen LogP contribution is 2.04. The lowest BCUT2D eigenvalue weighted by atomic mass is 10.3. The predicted molar refractivity (Wildman–Crippen MR) is 55.8 cm³/mol. The molecule has 5 nitrogen and oxygen atoms in total. The van der Waals surface area contributed by atoms with Crippen molar-refractivity contribution >= 4 is 6.09 Å². The summed E-state index contributed by atoms with van der Waals surface area (Å²) in [7, 11) is 0. The number of para-hydroxylation sites is 1. The Bertz CT molecular complexity index is 394. The van der Waals surface area contributed by atoms with Gasteiger partial charge in [-0.05, 0) is 12.1 Å². The number of carbonyl (C=O) groups is 1. The maximum absolute atomic E-state index is 8.78. The zero-order valence-corrected chi connectivity index (χ0v) is 7.95. The number of rotatable bonds is 1. The summed E-state index contributed by atoms with van der Waals surface area (Å²) in [5.41, 5.74) is 5.17. The summed E-state index contributed by atoms with van der Waals surface area (Å²) < 4.78 is 1.97. The Labute approximate surface area is 86.8 Å². The van der Waals surface area contributed by atoms with E-state index in [1.54, 1.807) is 12.5 Å². The van der Waals surface area contributed by atoms with Crippen LogP contribution >= 0.6 is 0 Å². The minimum absolute atomic E-state index is 1.14. The van der Waals surface area contributed by atoms with E-state index in [-0.39, 0.29) is 0 Å². The van der Waals surface area contributed by atoms with E-state index < -0.39 is 6.09 Å². The first-order valence-electron chi connectivity index (χ1n) is 4.22. The number of aromatic nitrogens is 2. The standard InChI is InChI=1S/C9H8N2.CH3NO2/c1-2-4-9(5-3-1)11-7-6-10-8-11;2-1(3)4/h1-8H;2H2,(H,3,4). The largest absolute Gasteiger partial charge is 0.465 e. The minimum Gasteiger partial charge on any atom is -0.465 e. The molecule has 2 aromatic rings. The fourth-order valence-corrected chi connectivity index (χ4v) is 1.01. The summed E-state index contributed by atoms with van der Waals surface area (Å²) in [6, 6.07) is 10.1. The maximum Gasteiger partial charge on any atom is 0.402 e. The van der Waals surface area contributed by atoms with Crippen LogP contribution in [0.2, 0.25) is 0 Å². The van der Waals surface area contributed by atoms with Crippen molar-refractivity contribution in [2.75, 3.05) is 0 Å². The molecular formula is C10H11N3O2. The first kappa shape index (κ1) is 10.8. The van der Waals surface area contributed by atoms with Gasteiger partial charge in [0.25, 0.3) is 0 Å². The van der Waals surface area contributed by atoms with Crippen LogP contribution in [0, 0.1) is 0 Å². The molecule has 0 saturated carbocycles. The average molecular weight is 205 g/mol. The van der Waals surface area contributed by atoms with E-state index in [1.165, 1.54) is 0 Å². The van der Waals surface area contributed by atoms with Crippen LogP contribution in [0.3, 0.4) is 0 Å². The molecule has 15 heavy (non-hydrogen) atoms. The number of benzene rings is 1. The molecule has 5 heteroatoms. The van der Waals surface area contributed by atoms with Gasteiger partial charge in [0.05, 0.1) is 6.33 Å². The van der Waals surface area contributed by atoms with Crippen molar-refractivity contribution in [1.82, 2.24) is 9.55 Å². The molecule has 78 valence electrons. The Morgan fingerprint density at radius 2 is 1.93 bits per heavy atom. The number of carboxylic acid groups (broad SMARTS) is 1. The van der Waals surface area contributed by atoms with Gasteiger partial charge in [0.2, 0.25) is 0 Å². The first-order chi connectivity index (χ1) is 7.20. The van der Waals surface area contributed by atoms with E-state index in [2.05, 4.69) is 10.7 Å². The third-order valence-corrected chi connectivity index (χ3v) is 1.56. The zero-order chi connectivity index (χ0) is 11.1. The summed E-state index contributed by atoms with van der Waals surface area (Å²) in [6.45, 7) is 0. The van der Waals surface area contributed by atoms with Crippen molar-refractivity contribution in [3.8, 4) is 5.69 Å². The molecule has 1 amide bonds. The summed E-state index contributed by atoms with van der Waals surface area (Å²) in [4.78, 5) is 12.7. The predicted octanol–water partition coefficient (Wildman–Crippen LogP) is 1.50. The van der Waals surface area contributed by atoms with Crippen molar-refractivity contribution in [2.45, 2.75) is 0 Å². The average Bonchev–Trinajstić information content (AvgIpc) is 2.71. The van der Waals surface area contributed by atoms with Crippen LogP contribution in [-0.4, -0.2) is 20.8 Å². The second-order valence-electron chi connectivity index (χ2n) is 2.64. The molecule has 2 rings (SSSR count). The fraction of sp³-hybridized carbons (Fsp3) is 0. The smallest absolute Gasteiger partial charge is 0.402 e. The zero-order valence-electron chi connectivity index (χ0n) is 7.95. The van der Waals surface area contributed by atoms with Crippen LogP contribution in [-0.2, 0) is 0 Å².